The van der Waals surface area contributed by atoms with Gasteiger partial charge in [-0.05, 0) is 59.1 Å². The fraction of sp³-hybridized carbons (Fsp3) is 0.684. The fourth-order valence-electron chi connectivity index (χ4n) is 3.28. The van der Waals surface area contributed by atoms with E-state index >= 15 is 0 Å². The predicted octanol–water partition coefficient (Wildman–Crippen LogP) is 2.47. The molecule has 2 saturated heterocycles. The summed E-state index contributed by atoms with van der Waals surface area (Å²) in [7, 11) is -0.677. The lowest BCUT2D eigenvalue weighted by atomic mass is 9.78. The minimum Gasteiger partial charge on any atom is -0.399 e. The van der Waals surface area contributed by atoms with Gasteiger partial charge in [-0.3, -0.25) is 4.90 Å². The summed E-state index contributed by atoms with van der Waals surface area (Å²) in [5, 5.41) is 10.0. The first-order chi connectivity index (χ1) is 11.5. The molecule has 0 amide bonds. The molecule has 1 N–H and O–H groups in total. The predicted molar refractivity (Wildman–Crippen MR) is 97.3 cm³/mol. The number of halogens is 1. The first kappa shape index (κ1) is 18.8. The Morgan fingerprint density at radius 1 is 1.08 bits per heavy atom. The zero-order valence-corrected chi connectivity index (χ0v) is 15.9. The Bertz CT molecular complexity index is 622. The maximum absolute atomic E-state index is 14.7. The summed E-state index contributed by atoms with van der Waals surface area (Å²) in [5.74, 6) is -0.292. The second-order valence-electron chi connectivity index (χ2n) is 8.72. The SMILES string of the molecule is CC1(O)CCN(Cc2ccc(B3OC(C)(C)C(C)(C)O3)c(F)c2)CC1. The van der Waals surface area contributed by atoms with Gasteiger partial charge in [-0.1, -0.05) is 12.1 Å². The molecule has 0 aliphatic carbocycles. The number of benzene rings is 1. The minimum absolute atomic E-state index is 0.292. The van der Waals surface area contributed by atoms with E-state index in [4.69, 9.17) is 9.31 Å². The molecule has 2 aliphatic rings. The molecular weight excluding hydrogens is 320 g/mol. The van der Waals surface area contributed by atoms with Crippen molar-refractivity contribution in [3.63, 3.8) is 0 Å². The molecule has 0 saturated carbocycles. The number of piperidine rings is 1. The summed E-state index contributed by atoms with van der Waals surface area (Å²) in [6, 6.07) is 5.29. The van der Waals surface area contributed by atoms with Crippen LogP contribution < -0.4 is 5.46 Å². The van der Waals surface area contributed by atoms with Crippen LogP contribution in [0.15, 0.2) is 18.2 Å². The molecule has 0 spiro atoms. The van der Waals surface area contributed by atoms with Gasteiger partial charge in [0.2, 0.25) is 0 Å². The number of hydrogen-bond donors (Lipinski definition) is 1. The molecule has 0 radical (unpaired) electrons. The molecule has 0 atom stereocenters. The van der Waals surface area contributed by atoms with Crippen molar-refractivity contribution in [3.05, 3.63) is 29.6 Å². The van der Waals surface area contributed by atoms with E-state index in [1.165, 1.54) is 0 Å². The van der Waals surface area contributed by atoms with Crippen molar-refractivity contribution in [2.24, 2.45) is 0 Å². The van der Waals surface area contributed by atoms with Crippen LogP contribution in [0.5, 0.6) is 0 Å². The molecule has 138 valence electrons. The average Bonchev–Trinajstić information content (AvgIpc) is 2.69. The van der Waals surface area contributed by atoms with Crippen molar-refractivity contribution in [1.82, 2.24) is 4.90 Å². The van der Waals surface area contributed by atoms with Crippen LogP contribution in [0, 0.1) is 5.82 Å². The van der Waals surface area contributed by atoms with Gasteiger partial charge in [0, 0.05) is 25.1 Å². The Hall–Kier alpha value is -0.945. The largest absolute Gasteiger partial charge is 0.497 e. The van der Waals surface area contributed by atoms with Crippen molar-refractivity contribution < 1.29 is 18.8 Å². The van der Waals surface area contributed by atoms with Crippen LogP contribution in [0.4, 0.5) is 4.39 Å². The summed E-state index contributed by atoms with van der Waals surface area (Å²) in [5.41, 5.74) is -0.146. The molecule has 25 heavy (non-hydrogen) atoms. The topological polar surface area (TPSA) is 41.9 Å². The molecule has 6 heteroatoms. The van der Waals surface area contributed by atoms with Gasteiger partial charge in [0.05, 0.1) is 16.8 Å². The fourth-order valence-corrected chi connectivity index (χ4v) is 3.28. The van der Waals surface area contributed by atoms with Gasteiger partial charge in [-0.25, -0.2) is 4.39 Å². The van der Waals surface area contributed by atoms with E-state index in [-0.39, 0.29) is 5.82 Å². The van der Waals surface area contributed by atoms with E-state index in [1.54, 1.807) is 12.1 Å². The van der Waals surface area contributed by atoms with Gasteiger partial charge in [0.25, 0.3) is 0 Å². The smallest absolute Gasteiger partial charge is 0.399 e. The highest BCUT2D eigenvalue weighted by molar-refractivity contribution is 6.62. The molecule has 0 unspecified atom stereocenters. The first-order valence-corrected chi connectivity index (χ1v) is 9.08. The third-order valence-corrected chi connectivity index (χ3v) is 5.91. The number of nitrogens with zero attached hydrogens (tertiary/aromatic N) is 1. The van der Waals surface area contributed by atoms with Gasteiger partial charge in [0.1, 0.15) is 5.82 Å². The van der Waals surface area contributed by atoms with Crippen molar-refractivity contribution in [1.29, 1.82) is 0 Å². The molecular formula is C19H29BFNO3. The highest BCUT2D eigenvalue weighted by Crippen LogP contribution is 2.36. The lowest BCUT2D eigenvalue weighted by Crippen LogP contribution is -2.42. The number of aliphatic hydroxyl groups is 1. The van der Waals surface area contributed by atoms with Gasteiger partial charge < -0.3 is 14.4 Å². The van der Waals surface area contributed by atoms with Gasteiger partial charge in [-0.2, -0.15) is 0 Å². The molecule has 2 heterocycles. The van der Waals surface area contributed by atoms with E-state index in [2.05, 4.69) is 4.90 Å². The second-order valence-corrected chi connectivity index (χ2v) is 8.72. The van der Waals surface area contributed by atoms with Crippen LogP contribution in [0.2, 0.25) is 0 Å². The summed E-state index contributed by atoms with van der Waals surface area (Å²) in [4.78, 5) is 2.25. The Labute approximate surface area is 150 Å². The van der Waals surface area contributed by atoms with E-state index in [1.807, 2.05) is 40.7 Å². The van der Waals surface area contributed by atoms with Gasteiger partial charge >= 0.3 is 7.12 Å². The van der Waals surface area contributed by atoms with Crippen LogP contribution in [-0.4, -0.2) is 47.0 Å². The molecule has 0 aromatic heterocycles. The third kappa shape index (κ3) is 3.92. The van der Waals surface area contributed by atoms with Gasteiger partial charge in [0.15, 0.2) is 0 Å². The summed E-state index contributed by atoms with van der Waals surface area (Å²) in [6.07, 6.45) is 1.50. The standard InChI is InChI=1S/C19H29BFNO3/c1-17(2)18(3,4)25-20(24-17)15-7-6-14(12-16(15)21)13-22-10-8-19(5,23)9-11-22/h6-7,12,23H,8-11,13H2,1-5H3. The van der Waals surface area contributed by atoms with Gasteiger partial charge in [-0.15, -0.1) is 0 Å². The van der Waals surface area contributed by atoms with Crippen LogP contribution in [0.1, 0.15) is 53.0 Å². The Balaban J connectivity index is 1.68. The molecule has 1 aromatic carbocycles. The van der Waals surface area contributed by atoms with Crippen molar-refractivity contribution in [3.8, 4) is 0 Å². The Morgan fingerprint density at radius 2 is 1.64 bits per heavy atom. The maximum atomic E-state index is 14.7. The van der Waals surface area contributed by atoms with Crippen LogP contribution in [-0.2, 0) is 15.9 Å². The summed E-state index contributed by atoms with van der Waals surface area (Å²) in [6.45, 7) is 12.1. The molecule has 0 bridgehead atoms. The Morgan fingerprint density at radius 3 is 2.16 bits per heavy atom. The molecule has 4 nitrogen and oxygen atoms in total. The minimum atomic E-state index is -0.677. The van der Waals surface area contributed by atoms with Crippen molar-refractivity contribution in [2.45, 2.75) is 70.8 Å². The van der Waals surface area contributed by atoms with Crippen molar-refractivity contribution in [2.75, 3.05) is 13.1 Å². The quantitative estimate of drug-likeness (QED) is 0.852. The van der Waals surface area contributed by atoms with E-state index in [0.717, 1.165) is 31.5 Å². The van der Waals surface area contributed by atoms with Crippen LogP contribution in [0.25, 0.3) is 0 Å². The third-order valence-electron chi connectivity index (χ3n) is 5.91. The normalized spacial score (nSPS) is 25.3. The zero-order chi connectivity index (χ0) is 18.5. The number of rotatable bonds is 3. The highest BCUT2D eigenvalue weighted by Gasteiger charge is 2.52. The molecule has 1 aromatic rings. The Kier molecular flexibility index (Phi) is 4.78. The average molecular weight is 349 g/mol. The zero-order valence-electron chi connectivity index (χ0n) is 15.9. The number of hydrogen-bond acceptors (Lipinski definition) is 4. The lowest BCUT2D eigenvalue weighted by Gasteiger charge is -2.35. The number of likely N-dealkylation sites (tertiary alicyclic amines) is 1. The van der Waals surface area contributed by atoms with E-state index < -0.39 is 23.9 Å². The molecule has 3 rings (SSSR count). The molecule has 2 aliphatic heterocycles. The van der Waals surface area contributed by atoms with E-state index in [9.17, 15) is 9.50 Å². The lowest BCUT2D eigenvalue weighted by molar-refractivity contribution is -0.00732. The monoisotopic (exact) mass is 349 g/mol. The second kappa shape index (κ2) is 6.34. The highest BCUT2D eigenvalue weighted by atomic mass is 19.1. The summed E-state index contributed by atoms with van der Waals surface area (Å²) < 4.78 is 26.6. The van der Waals surface area contributed by atoms with Crippen molar-refractivity contribution >= 4 is 12.6 Å². The maximum Gasteiger partial charge on any atom is 0.497 e. The first-order valence-electron chi connectivity index (χ1n) is 9.08. The summed E-state index contributed by atoms with van der Waals surface area (Å²) >= 11 is 0. The molecule has 2 fully saturated rings. The van der Waals surface area contributed by atoms with Crippen LogP contribution in [0.3, 0.4) is 0 Å². The van der Waals surface area contributed by atoms with Crippen LogP contribution >= 0.6 is 0 Å². The van der Waals surface area contributed by atoms with E-state index in [0.29, 0.717) is 12.0 Å².